The SMILES string of the molecule is N#Cc1c(-c2ccco2)cc(-c2cccs2)nc1SC(CO)c1ccccc1. The number of thioether (sulfide) groups is 1. The van der Waals surface area contributed by atoms with Crippen molar-refractivity contribution < 1.29 is 9.52 Å². The molecular formula is C22H16N2O2S2. The van der Waals surface area contributed by atoms with Gasteiger partial charge in [0.2, 0.25) is 0 Å². The van der Waals surface area contributed by atoms with Crippen molar-refractivity contribution in [3.05, 3.63) is 83.4 Å². The summed E-state index contributed by atoms with van der Waals surface area (Å²) in [7, 11) is 0. The minimum atomic E-state index is -0.219. The molecule has 1 aromatic carbocycles. The molecule has 0 saturated carbocycles. The second-order valence-electron chi connectivity index (χ2n) is 6.00. The summed E-state index contributed by atoms with van der Waals surface area (Å²) in [6.45, 7) is -0.0550. The average molecular weight is 405 g/mol. The fraction of sp³-hybridized carbons (Fsp3) is 0.0909. The third-order valence-corrected chi connectivity index (χ3v) is 6.37. The Bertz CT molecular complexity index is 1090. The topological polar surface area (TPSA) is 70.0 Å². The number of hydrogen-bond donors (Lipinski definition) is 1. The summed E-state index contributed by atoms with van der Waals surface area (Å²) in [4.78, 5) is 5.78. The van der Waals surface area contributed by atoms with Crippen molar-refractivity contribution in [2.45, 2.75) is 10.3 Å². The van der Waals surface area contributed by atoms with Gasteiger partial charge in [-0.1, -0.05) is 48.2 Å². The van der Waals surface area contributed by atoms with E-state index in [4.69, 9.17) is 9.40 Å². The number of thiophene rings is 1. The van der Waals surface area contributed by atoms with E-state index in [0.717, 1.165) is 16.1 Å². The molecule has 1 unspecified atom stereocenters. The van der Waals surface area contributed by atoms with E-state index in [1.807, 2.05) is 60.0 Å². The predicted octanol–water partition coefficient (Wildman–Crippen LogP) is 5.77. The molecule has 3 aromatic heterocycles. The van der Waals surface area contributed by atoms with E-state index in [2.05, 4.69) is 6.07 Å². The molecular weight excluding hydrogens is 388 g/mol. The second kappa shape index (κ2) is 8.44. The first kappa shape index (κ1) is 18.5. The Morgan fingerprint density at radius 2 is 2.00 bits per heavy atom. The number of nitriles is 1. The molecule has 0 fully saturated rings. The molecule has 4 rings (SSSR count). The van der Waals surface area contributed by atoms with Gasteiger partial charge in [-0.05, 0) is 35.2 Å². The molecule has 0 aliphatic rings. The lowest BCUT2D eigenvalue weighted by atomic mass is 10.1. The van der Waals surface area contributed by atoms with Crippen molar-refractivity contribution in [2.24, 2.45) is 0 Å². The lowest BCUT2D eigenvalue weighted by Crippen LogP contribution is -2.02. The minimum absolute atomic E-state index is 0.0550. The van der Waals surface area contributed by atoms with Gasteiger partial charge < -0.3 is 9.52 Å². The number of rotatable bonds is 6. The first-order valence-electron chi connectivity index (χ1n) is 8.65. The molecule has 3 heterocycles. The molecule has 0 saturated heterocycles. The van der Waals surface area contributed by atoms with Gasteiger partial charge in [0.15, 0.2) is 0 Å². The summed E-state index contributed by atoms with van der Waals surface area (Å²) in [6, 6.07) is 21.5. The van der Waals surface area contributed by atoms with Gasteiger partial charge in [0, 0.05) is 5.56 Å². The monoisotopic (exact) mass is 404 g/mol. The van der Waals surface area contributed by atoms with Crippen molar-refractivity contribution in [3.8, 4) is 28.0 Å². The highest BCUT2D eigenvalue weighted by atomic mass is 32.2. The van der Waals surface area contributed by atoms with E-state index in [9.17, 15) is 10.4 Å². The van der Waals surface area contributed by atoms with Crippen LogP contribution in [0.25, 0.3) is 21.9 Å². The molecule has 0 spiro atoms. The molecule has 28 heavy (non-hydrogen) atoms. The Morgan fingerprint density at radius 1 is 1.14 bits per heavy atom. The quantitative estimate of drug-likeness (QED) is 0.413. The van der Waals surface area contributed by atoms with Gasteiger partial charge >= 0.3 is 0 Å². The third-order valence-electron chi connectivity index (χ3n) is 4.25. The predicted molar refractivity (Wildman–Crippen MR) is 112 cm³/mol. The van der Waals surface area contributed by atoms with E-state index in [-0.39, 0.29) is 11.9 Å². The van der Waals surface area contributed by atoms with Gasteiger partial charge in [0.1, 0.15) is 16.9 Å². The molecule has 0 radical (unpaired) electrons. The second-order valence-corrected chi connectivity index (χ2v) is 8.14. The van der Waals surface area contributed by atoms with Crippen molar-refractivity contribution in [1.82, 2.24) is 4.98 Å². The van der Waals surface area contributed by atoms with Gasteiger partial charge in [-0.15, -0.1) is 11.3 Å². The Balaban J connectivity index is 1.84. The summed E-state index contributed by atoms with van der Waals surface area (Å²) >= 11 is 2.99. The van der Waals surface area contributed by atoms with Crippen LogP contribution in [0, 0.1) is 11.3 Å². The highest BCUT2D eigenvalue weighted by molar-refractivity contribution is 7.99. The van der Waals surface area contributed by atoms with Crippen LogP contribution in [0.1, 0.15) is 16.4 Å². The zero-order valence-electron chi connectivity index (χ0n) is 14.8. The lowest BCUT2D eigenvalue weighted by Gasteiger charge is -2.16. The molecule has 0 aliphatic heterocycles. The fourth-order valence-electron chi connectivity index (χ4n) is 2.90. The molecule has 138 valence electrons. The number of benzene rings is 1. The molecule has 0 amide bonds. The smallest absolute Gasteiger partial charge is 0.135 e. The molecule has 4 aromatic rings. The Hall–Kier alpha value is -2.85. The van der Waals surface area contributed by atoms with Crippen LogP contribution in [0.15, 0.2) is 81.8 Å². The van der Waals surface area contributed by atoms with Crippen LogP contribution in [0.4, 0.5) is 0 Å². The first-order chi connectivity index (χ1) is 13.8. The maximum Gasteiger partial charge on any atom is 0.135 e. The number of pyridine rings is 1. The van der Waals surface area contributed by atoms with Crippen LogP contribution in [0.2, 0.25) is 0 Å². The van der Waals surface area contributed by atoms with Gasteiger partial charge in [-0.25, -0.2) is 4.98 Å². The number of furan rings is 1. The van der Waals surface area contributed by atoms with Crippen molar-refractivity contribution >= 4 is 23.1 Å². The summed E-state index contributed by atoms with van der Waals surface area (Å²) in [6.07, 6.45) is 1.59. The fourth-order valence-corrected chi connectivity index (χ4v) is 4.65. The van der Waals surface area contributed by atoms with Crippen molar-refractivity contribution in [2.75, 3.05) is 6.61 Å². The number of aliphatic hydroxyl groups is 1. The largest absolute Gasteiger partial charge is 0.464 e. The van der Waals surface area contributed by atoms with Gasteiger partial charge in [-0.3, -0.25) is 0 Å². The Kier molecular flexibility index (Phi) is 5.58. The molecule has 0 aliphatic carbocycles. The zero-order chi connectivity index (χ0) is 19.3. The Morgan fingerprint density at radius 3 is 2.64 bits per heavy atom. The van der Waals surface area contributed by atoms with Crippen LogP contribution >= 0.6 is 23.1 Å². The highest BCUT2D eigenvalue weighted by Gasteiger charge is 2.21. The summed E-state index contributed by atoms with van der Waals surface area (Å²) in [5, 5.41) is 22.2. The van der Waals surface area contributed by atoms with Crippen molar-refractivity contribution in [3.63, 3.8) is 0 Å². The zero-order valence-corrected chi connectivity index (χ0v) is 16.4. The minimum Gasteiger partial charge on any atom is -0.464 e. The average Bonchev–Trinajstić information content (AvgIpc) is 3.46. The number of aliphatic hydroxyl groups excluding tert-OH is 1. The third kappa shape index (κ3) is 3.73. The van der Waals surface area contributed by atoms with Crippen LogP contribution in [-0.4, -0.2) is 16.7 Å². The standard InChI is InChI=1S/C22H16N2O2S2/c23-13-17-16(19-8-4-10-26-19)12-18(20-9-5-11-27-20)24-22(17)28-21(14-25)15-6-2-1-3-7-15/h1-12,21,25H,14H2. The van der Waals surface area contributed by atoms with Crippen LogP contribution < -0.4 is 0 Å². The molecule has 0 bridgehead atoms. The van der Waals surface area contributed by atoms with Gasteiger partial charge in [-0.2, -0.15) is 5.26 Å². The van der Waals surface area contributed by atoms with E-state index >= 15 is 0 Å². The van der Waals surface area contributed by atoms with Gasteiger partial charge in [0.25, 0.3) is 0 Å². The van der Waals surface area contributed by atoms with E-state index in [0.29, 0.717) is 21.9 Å². The van der Waals surface area contributed by atoms with Crippen LogP contribution in [0.3, 0.4) is 0 Å². The van der Waals surface area contributed by atoms with E-state index in [1.165, 1.54) is 11.8 Å². The first-order valence-corrected chi connectivity index (χ1v) is 10.4. The van der Waals surface area contributed by atoms with Crippen LogP contribution in [-0.2, 0) is 0 Å². The molecule has 1 atom stereocenters. The summed E-state index contributed by atoms with van der Waals surface area (Å²) < 4.78 is 5.57. The molecule has 6 heteroatoms. The highest BCUT2D eigenvalue weighted by Crippen LogP contribution is 2.40. The Labute approximate surface area is 171 Å². The van der Waals surface area contributed by atoms with Gasteiger partial charge in [0.05, 0.1) is 34.3 Å². The molecule has 1 N–H and O–H groups in total. The number of aromatic nitrogens is 1. The van der Waals surface area contributed by atoms with E-state index in [1.54, 1.807) is 23.7 Å². The molecule has 4 nitrogen and oxygen atoms in total. The van der Waals surface area contributed by atoms with Crippen LogP contribution in [0.5, 0.6) is 0 Å². The summed E-state index contributed by atoms with van der Waals surface area (Å²) in [5.41, 5.74) is 2.93. The number of hydrogen-bond acceptors (Lipinski definition) is 6. The maximum absolute atomic E-state index is 9.96. The van der Waals surface area contributed by atoms with Crippen molar-refractivity contribution in [1.29, 1.82) is 5.26 Å². The maximum atomic E-state index is 9.96. The number of nitrogens with zero attached hydrogens (tertiary/aromatic N) is 2. The van der Waals surface area contributed by atoms with E-state index < -0.39 is 0 Å². The lowest BCUT2D eigenvalue weighted by molar-refractivity contribution is 0.296. The summed E-state index contributed by atoms with van der Waals surface area (Å²) in [5.74, 6) is 0.624. The normalized spacial score (nSPS) is 11.9.